The molecule has 2 rings (SSSR count). The van der Waals surface area contributed by atoms with E-state index in [4.69, 9.17) is 0 Å². The van der Waals surface area contributed by atoms with Crippen LogP contribution in [0.3, 0.4) is 0 Å². The molecule has 2 N–H and O–H groups in total. The van der Waals surface area contributed by atoms with E-state index in [1.807, 2.05) is 31.6 Å². The Hall–Kier alpha value is -1.89. The van der Waals surface area contributed by atoms with Gasteiger partial charge in [-0.1, -0.05) is 0 Å². The van der Waals surface area contributed by atoms with Crippen LogP contribution in [0.4, 0.5) is 0 Å². The molecule has 0 aromatic carbocycles. The van der Waals surface area contributed by atoms with Gasteiger partial charge in [-0.15, -0.1) is 0 Å². The van der Waals surface area contributed by atoms with Crippen LogP contribution < -0.4 is 10.6 Å². The molecule has 0 unspecified atom stereocenters. The lowest BCUT2D eigenvalue weighted by Crippen LogP contribution is -2.42. The Labute approximate surface area is 143 Å². The highest BCUT2D eigenvalue weighted by atomic mass is 16.2. The summed E-state index contributed by atoms with van der Waals surface area (Å²) >= 11 is 0. The summed E-state index contributed by atoms with van der Waals surface area (Å²) < 4.78 is 1.92. The number of amides is 2. The van der Waals surface area contributed by atoms with Crippen LogP contribution in [-0.4, -0.2) is 58.7 Å². The third-order valence-electron chi connectivity index (χ3n) is 4.74. The van der Waals surface area contributed by atoms with E-state index in [9.17, 15) is 9.59 Å². The van der Waals surface area contributed by atoms with Gasteiger partial charge in [0.1, 0.15) is 0 Å². The van der Waals surface area contributed by atoms with Crippen LogP contribution in [0, 0.1) is 13.8 Å². The molecule has 1 aliphatic heterocycles. The van der Waals surface area contributed by atoms with Crippen molar-refractivity contribution in [1.82, 2.24) is 25.3 Å². The SMILES string of the molecule is CC(=O)NC[C@H]1CC[C@@H](CC(=O)NCCn2nc(C)cc2C)N1C. The molecule has 134 valence electrons. The summed E-state index contributed by atoms with van der Waals surface area (Å²) in [6, 6.07) is 2.60. The van der Waals surface area contributed by atoms with E-state index >= 15 is 0 Å². The standard InChI is InChI=1S/C17H29N5O2/c1-12-9-13(2)22(20-12)8-7-18-17(24)10-15-5-6-16(21(15)4)11-19-14(3)23/h9,15-16H,5-8,10-11H2,1-4H3,(H,18,24)(H,19,23)/t15-,16+/m0/s1. The second kappa shape index (κ2) is 8.28. The van der Waals surface area contributed by atoms with Crippen molar-refractivity contribution in [2.75, 3.05) is 20.1 Å². The van der Waals surface area contributed by atoms with Crippen LogP contribution in [0.5, 0.6) is 0 Å². The molecule has 2 heterocycles. The Morgan fingerprint density at radius 1 is 1.25 bits per heavy atom. The Kier molecular flexibility index (Phi) is 6.36. The molecule has 2 atom stereocenters. The van der Waals surface area contributed by atoms with Crippen LogP contribution in [0.15, 0.2) is 6.07 Å². The van der Waals surface area contributed by atoms with E-state index < -0.39 is 0 Å². The van der Waals surface area contributed by atoms with Crippen LogP contribution in [0.2, 0.25) is 0 Å². The van der Waals surface area contributed by atoms with E-state index in [2.05, 4.69) is 20.6 Å². The maximum Gasteiger partial charge on any atom is 0.221 e. The molecule has 1 fully saturated rings. The number of aromatic nitrogens is 2. The van der Waals surface area contributed by atoms with E-state index in [0.29, 0.717) is 32.1 Å². The first kappa shape index (κ1) is 18.4. The Morgan fingerprint density at radius 3 is 2.58 bits per heavy atom. The number of nitrogens with zero attached hydrogens (tertiary/aromatic N) is 3. The van der Waals surface area contributed by atoms with Gasteiger partial charge in [-0.3, -0.25) is 19.2 Å². The van der Waals surface area contributed by atoms with Gasteiger partial charge in [-0.2, -0.15) is 5.10 Å². The van der Waals surface area contributed by atoms with Gasteiger partial charge in [0.2, 0.25) is 11.8 Å². The largest absolute Gasteiger partial charge is 0.355 e. The molecule has 24 heavy (non-hydrogen) atoms. The summed E-state index contributed by atoms with van der Waals surface area (Å²) in [7, 11) is 2.04. The number of aryl methyl sites for hydroxylation is 2. The number of carbonyl (C=O) groups is 2. The Bertz CT molecular complexity index is 584. The zero-order valence-corrected chi connectivity index (χ0v) is 15.1. The van der Waals surface area contributed by atoms with Crippen molar-refractivity contribution in [2.24, 2.45) is 0 Å². The van der Waals surface area contributed by atoms with Crippen LogP contribution in [0.25, 0.3) is 0 Å². The quantitative estimate of drug-likeness (QED) is 0.765. The van der Waals surface area contributed by atoms with Gasteiger partial charge in [0.05, 0.1) is 12.2 Å². The van der Waals surface area contributed by atoms with Gasteiger partial charge in [-0.05, 0) is 39.8 Å². The van der Waals surface area contributed by atoms with Crippen molar-refractivity contribution in [2.45, 2.75) is 58.7 Å². The molecule has 1 saturated heterocycles. The Balaban J connectivity index is 1.70. The first-order valence-electron chi connectivity index (χ1n) is 8.61. The third kappa shape index (κ3) is 5.06. The Morgan fingerprint density at radius 2 is 1.96 bits per heavy atom. The van der Waals surface area contributed by atoms with Gasteiger partial charge < -0.3 is 10.6 Å². The zero-order valence-electron chi connectivity index (χ0n) is 15.1. The minimum absolute atomic E-state index is 0.00579. The number of likely N-dealkylation sites (tertiary alicyclic amines) is 1. The molecule has 1 aliphatic rings. The average molecular weight is 335 g/mol. The number of nitrogens with one attached hydrogen (secondary N) is 2. The van der Waals surface area contributed by atoms with Gasteiger partial charge >= 0.3 is 0 Å². The molecular formula is C17H29N5O2. The number of rotatable bonds is 7. The number of hydrogen-bond acceptors (Lipinski definition) is 4. The van der Waals surface area contributed by atoms with E-state index in [1.165, 1.54) is 6.92 Å². The minimum Gasteiger partial charge on any atom is -0.355 e. The normalized spacial score (nSPS) is 21.0. The van der Waals surface area contributed by atoms with Crippen molar-refractivity contribution >= 4 is 11.8 Å². The van der Waals surface area contributed by atoms with Crippen LogP contribution in [-0.2, 0) is 16.1 Å². The predicted octanol–water partition coefficient (Wildman–Crippen LogP) is 0.605. The topological polar surface area (TPSA) is 79.3 Å². The number of hydrogen-bond donors (Lipinski definition) is 2. The predicted molar refractivity (Wildman–Crippen MR) is 92.6 cm³/mol. The summed E-state index contributed by atoms with van der Waals surface area (Å²) in [5, 5.41) is 10.2. The van der Waals surface area contributed by atoms with Gasteiger partial charge in [0, 0.05) is 44.2 Å². The monoisotopic (exact) mass is 335 g/mol. The van der Waals surface area contributed by atoms with E-state index in [1.54, 1.807) is 0 Å². The van der Waals surface area contributed by atoms with E-state index in [0.717, 1.165) is 24.2 Å². The second-order valence-electron chi connectivity index (χ2n) is 6.69. The molecule has 2 amide bonds. The molecule has 1 aromatic rings. The molecule has 7 nitrogen and oxygen atoms in total. The second-order valence-corrected chi connectivity index (χ2v) is 6.69. The molecule has 0 aliphatic carbocycles. The van der Waals surface area contributed by atoms with Crippen molar-refractivity contribution in [3.05, 3.63) is 17.5 Å². The third-order valence-corrected chi connectivity index (χ3v) is 4.74. The maximum atomic E-state index is 12.2. The average Bonchev–Trinajstić information content (AvgIpc) is 3.00. The fraction of sp³-hybridized carbons (Fsp3) is 0.706. The molecule has 7 heteroatoms. The highest BCUT2D eigenvalue weighted by Gasteiger charge is 2.31. The lowest BCUT2D eigenvalue weighted by molar-refractivity contribution is -0.122. The zero-order chi connectivity index (χ0) is 17.7. The lowest BCUT2D eigenvalue weighted by Gasteiger charge is -2.25. The molecule has 0 spiro atoms. The maximum absolute atomic E-state index is 12.2. The number of likely N-dealkylation sites (N-methyl/N-ethyl adjacent to an activating group) is 1. The van der Waals surface area contributed by atoms with E-state index in [-0.39, 0.29) is 17.9 Å². The van der Waals surface area contributed by atoms with Gasteiger partial charge in [0.15, 0.2) is 0 Å². The molecule has 1 aromatic heterocycles. The highest BCUT2D eigenvalue weighted by molar-refractivity contribution is 5.76. The minimum atomic E-state index is -0.00579. The first-order chi connectivity index (χ1) is 11.4. The van der Waals surface area contributed by atoms with Crippen molar-refractivity contribution in [3.8, 4) is 0 Å². The fourth-order valence-electron chi connectivity index (χ4n) is 3.33. The summed E-state index contributed by atoms with van der Waals surface area (Å²) in [5.41, 5.74) is 2.11. The van der Waals surface area contributed by atoms with Crippen molar-refractivity contribution in [3.63, 3.8) is 0 Å². The van der Waals surface area contributed by atoms with Crippen LogP contribution >= 0.6 is 0 Å². The fourth-order valence-corrected chi connectivity index (χ4v) is 3.33. The molecule has 0 saturated carbocycles. The van der Waals surface area contributed by atoms with Gasteiger partial charge in [-0.25, -0.2) is 0 Å². The highest BCUT2D eigenvalue weighted by Crippen LogP contribution is 2.24. The summed E-state index contributed by atoms with van der Waals surface area (Å²) in [5.74, 6) is 0.0716. The van der Waals surface area contributed by atoms with Crippen molar-refractivity contribution in [1.29, 1.82) is 0 Å². The summed E-state index contributed by atoms with van der Waals surface area (Å²) in [4.78, 5) is 25.4. The smallest absolute Gasteiger partial charge is 0.221 e. The molecular weight excluding hydrogens is 306 g/mol. The van der Waals surface area contributed by atoms with Crippen LogP contribution in [0.1, 0.15) is 37.6 Å². The summed E-state index contributed by atoms with van der Waals surface area (Å²) in [6.45, 7) is 7.45. The van der Waals surface area contributed by atoms with Gasteiger partial charge in [0.25, 0.3) is 0 Å². The molecule has 0 bridgehead atoms. The first-order valence-corrected chi connectivity index (χ1v) is 8.61. The summed E-state index contributed by atoms with van der Waals surface area (Å²) in [6.07, 6.45) is 2.51. The lowest BCUT2D eigenvalue weighted by atomic mass is 10.1. The number of carbonyl (C=O) groups excluding carboxylic acids is 2. The van der Waals surface area contributed by atoms with Crippen molar-refractivity contribution < 1.29 is 9.59 Å². The molecule has 0 radical (unpaired) electrons.